The zero-order valence-corrected chi connectivity index (χ0v) is 7.50. The number of rotatable bonds is 2. The maximum Gasteiger partial charge on any atom is 0.152 e. The van der Waals surface area contributed by atoms with Crippen molar-refractivity contribution in [2.45, 2.75) is 13.3 Å². The Bertz CT molecular complexity index is 442. The largest absolute Gasteiger partial charge is 0.360 e. The Labute approximate surface area is 76.6 Å². The molecule has 0 aliphatic rings. The first-order chi connectivity index (χ1) is 6.35. The van der Waals surface area contributed by atoms with E-state index in [4.69, 9.17) is 0 Å². The first kappa shape index (κ1) is 8.05. The third kappa shape index (κ3) is 1.24. The molecule has 0 fully saturated rings. The van der Waals surface area contributed by atoms with Gasteiger partial charge in [-0.15, -0.1) is 0 Å². The summed E-state index contributed by atoms with van der Waals surface area (Å²) in [7, 11) is 0. The zero-order valence-electron chi connectivity index (χ0n) is 7.50. The van der Waals surface area contributed by atoms with Gasteiger partial charge in [0.2, 0.25) is 0 Å². The number of aromatic amines is 1. The van der Waals surface area contributed by atoms with E-state index in [1.165, 1.54) is 5.56 Å². The number of fused-ring (bicyclic) bond motifs is 1. The van der Waals surface area contributed by atoms with Crippen molar-refractivity contribution >= 4 is 17.2 Å². The predicted octanol–water partition coefficient (Wildman–Crippen LogP) is 2.54. The lowest BCUT2D eigenvalue weighted by Crippen LogP contribution is -1.79. The molecule has 0 aliphatic heterocycles. The topological polar surface area (TPSA) is 32.9 Å². The van der Waals surface area contributed by atoms with Crippen molar-refractivity contribution in [3.8, 4) is 0 Å². The molecule has 2 aromatic rings. The average molecular weight is 173 g/mol. The van der Waals surface area contributed by atoms with Gasteiger partial charge in [0.15, 0.2) is 6.29 Å². The van der Waals surface area contributed by atoms with E-state index in [9.17, 15) is 4.79 Å². The Morgan fingerprint density at radius 3 is 3.00 bits per heavy atom. The van der Waals surface area contributed by atoms with Crippen molar-refractivity contribution in [2.75, 3.05) is 0 Å². The van der Waals surface area contributed by atoms with Crippen LogP contribution in [0.5, 0.6) is 0 Å². The van der Waals surface area contributed by atoms with Gasteiger partial charge in [0.05, 0.1) is 0 Å². The minimum absolute atomic E-state index is 0.734. The van der Waals surface area contributed by atoms with Gasteiger partial charge in [-0.2, -0.15) is 0 Å². The van der Waals surface area contributed by atoms with E-state index < -0.39 is 0 Å². The van der Waals surface area contributed by atoms with Crippen molar-refractivity contribution in [1.82, 2.24) is 4.98 Å². The highest BCUT2D eigenvalue weighted by Gasteiger charge is 2.01. The monoisotopic (exact) mass is 173 g/mol. The van der Waals surface area contributed by atoms with Crippen LogP contribution in [0.25, 0.3) is 10.9 Å². The van der Waals surface area contributed by atoms with E-state index in [2.05, 4.69) is 24.0 Å². The molecule has 66 valence electrons. The van der Waals surface area contributed by atoms with Crippen LogP contribution in [0.1, 0.15) is 22.8 Å². The maximum absolute atomic E-state index is 10.6. The van der Waals surface area contributed by atoms with Gasteiger partial charge in [0.1, 0.15) is 0 Å². The standard InChI is InChI=1S/C11H11NO/c1-2-8-3-4-10-9(7-13)6-12-11(10)5-8/h3-7,12H,2H2,1H3. The van der Waals surface area contributed by atoms with E-state index in [0.717, 1.165) is 29.2 Å². The van der Waals surface area contributed by atoms with Crippen LogP contribution < -0.4 is 0 Å². The van der Waals surface area contributed by atoms with E-state index in [0.29, 0.717) is 0 Å². The van der Waals surface area contributed by atoms with Gasteiger partial charge in [0, 0.05) is 22.7 Å². The minimum Gasteiger partial charge on any atom is -0.360 e. The van der Waals surface area contributed by atoms with Gasteiger partial charge < -0.3 is 4.98 Å². The summed E-state index contributed by atoms with van der Waals surface area (Å²) < 4.78 is 0. The second-order valence-electron chi connectivity index (χ2n) is 3.10. The number of hydrogen-bond acceptors (Lipinski definition) is 1. The summed E-state index contributed by atoms with van der Waals surface area (Å²) in [6.45, 7) is 2.12. The number of nitrogens with one attached hydrogen (secondary N) is 1. The molecule has 0 amide bonds. The number of aromatic nitrogens is 1. The summed E-state index contributed by atoms with van der Waals surface area (Å²) in [6, 6.07) is 6.14. The SMILES string of the molecule is CCc1ccc2c(C=O)c[nH]c2c1. The van der Waals surface area contributed by atoms with Gasteiger partial charge in [-0.3, -0.25) is 4.79 Å². The molecule has 0 spiro atoms. The van der Waals surface area contributed by atoms with Crippen LogP contribution in [0.3, 0.4) is 0 Å². The summed E-state index contributed by atoms with van der Waals surface area (Å²) in [5, 5.41) is 1.01. The summed E-state index contributed by atoms with van der Waals surface area (Å²) in [5.74, 6) is 0. The summed E-state index contributed by atoms with van der Waals surface area (Å²) in [4.78, 5) is 13.7. The molecule has 0 bridgehead atoms. The molecule has 0 atom stereocenters. The molecule has 2 rings (SSSR count). The molecule has 0 radical (unpaired) electrons. The number of carbonyl (C=O) groups excluding carboxylic acids is 1. The molecule has 13 heavy (non-hydrogen) atoms. The maximum atomic E-state index is 10.6. The number of benzene rings is 1. The fraction of sp³-hybridized carbons (Fsp3) is 0.182. The first-order valence-electron chi connectivity index (χ1n) is 4.40. The summed E-state index contributed by atoms with van der Waals surface area (Å²) in [5.41, 5.74) is 3.06. The molecule has 1 aromatic carbocycles. The highest BCUT2D eigenvalue weighted by molar-refractivity contribution is 5.97. The number of H-pyrrole nitrogens is 1. The van der Waals surface area contributed by atoms with Crippen LogP contribution in [0.2, 0.25) is 0 Å². The van der Waals surface area contributed by atoms with Crippen LogP contribution >= 0.6 is 0 Å². The number of aldehydes is 1. The van der Waals surface area contributed by atoms with E-state index in [1.807, 2.05) is 6.07 Å². The quantitative estimate of drug-likeness (QED) is 0.695. The molecule has 0 saturated heterocycles. The fourth-order valence-electron chi connectivity index (χ4n) is 1.51. The molecule has 1 N–H and O–H groups in total. The first-order valence-corrected chi connectivity index (χ1v) is 4.40. The van der Waals surface area contributed by atoms with E-state index in [-0.39, 0.29) is 0 Å². The predicted molar refractivity (Wildman–Crippen MR) is 53.1 cm³/mol. The van der Waals surface area contributed by atoms with Crippen molar-refractivity contribution in [3.63, 3.8) is 0 Å². The summed E-state index contributed by atoms with van der Waals surface area (Å²) in [6.07, 6.45) is 3.65. The van der Waals surface area contributed by atoms with Crippen molar-refractivity contribution in [2.24, 2.45) is 0 Å². The highest BCUT2D eigenvalue weighted by Crippen LogP contribution is 2.18. The third-order valence-electron chi connectivity index (χ3n) is 2.31. The molecule has 1 aromatic heterocycles. The Morgan fingerprint density at radius 1 is 1.46 bits per heavy atom. The Kier molecular flexibility index (Phi) is 1.89. The molecule has 2 nitrogen and oxygen atoms in total. The lowest BCUT2D eigenvalue weighted by Gasteiger charge is -1.95. The van der Waals surface area contributed by atoms with Crippen LogP contribution in [0.15, 0.2) is 24.4 Å². The lowest BCUT2D eigenvalue weighted by molar-refractivity contribution is 0.112. The van der Waals surface area contributed by atoms with Crippen LogP contribution in [0.4, 0.5) is 0 Å². The molecule has 0 unspecified atom stereocenters. The van der Waals surface area contributed by atoms with Gasteiger partial charge in [-0.25, -0.2) is 0 Å². The van der Waals surface area contributed by atoms with E-state index >= 15 is 0 Å². The van der Waals surface area contributed by atoms with Crippen LogP contribution in [0, 0.1) is 0 Å². The second kappa shape index (κ2) is 3.05. The van der Waals surface area contributed by atoms with Crippen LogP contribution in [-0.2, 0) is 6.42 Å². The Balaban J connectivity index is 2.67. The molecule has 0 aliphatic carbocycles. The van der Waals surface area contributed by atoms with Gasteiger partial charge in [0.25, 0.3) is 0 Å². The average Bonchev–Trinajstić information content (AvgIpc) is 2.59. The lowest BCUT2D eigenvalue weighted by atomic mass is 10.1. The van der Waals surface area contributed by atoms with Crippen molar-refractivity contribution in [3.05, 3.63) is 35.5 Å². The molecular formula is C11H11NO. The van der Waals surface area contributed by atoms with Crippen LogP contribution in [-0.4, -0.2) is 11.3 Å². The smallest absolute Gasteiger partial charge is 0.152 e. The molecule has 1 heterocycles. The number of hydrogen-bond donors (Lipinski definition) is 1. The van der Waals surface area contributed by atoms with Crippen molar-refractivity contribution in [1.29, 1.82) is 0 Å². The van der Waals surface area contributed by atoms with E-state index in [1.54, 1.807) is 6.20 Å². The van der Waals surface area contributed by atoms with Gasteiger partial charge >= 0.3 is 0 Å². The van der Waals surface area contributed by atoms with Gasteiger partial charge in [-0.05, 0) is 18.1 Å². The highest BCUT2D eigenvalue weighted by atomic mass is 16.1. The number of carbonyl (C=O) groups is 1. The second-order valence-corrected chi connectivity index (χ2v) is 3.10. The minimum atomic E-state index is 0.734. The van der Waals surface area contributed by atoms with Gasteiger partial charge in [-0.1, -0.05) is 19.1 Å². The Morgan fingerprint density at radius 2 is 2.31 bits per heavy atom. The normalized spacial score (nSPS) is 10.5. The van der Waals surface area contributed by atoms with Crippen molar-refractivity contribution < 1.29 is 4.79 Å². The molecule has 0 saturated carbocycles. The summed E-state index contributed by atoms with van der Waals surface area (Å²) >= 11 is 0. The number of aryl methyl sites for hydroxylation is 1. The zero-order chi connectivity index (χ0) is 9.26. The fourth-order valence-corrected chi connectivity index (χ4v) is 1.51. The molecular weight excluding hydrogens is 162 g/mol. The molecule has 2 heteroatoms. The third-order valence-corrected chi connectivity index (χ3v) is 2.31. The Hall–Kier alpha value is -1.57.